The molecule has 0 aromatic heterocycles. The van der Waals surface area contributed by atoms with E-state index in [0.29, 0.717) is 43.7 Å². The van der Waals surface area contributed by atoms with Crippen molar-refractivity contribution in [2.24, 2.45) is 5.92 Å². The molecule has 0 spiro atoms. The Balaban J connectivity index is 1.56. The Morgan fingerprint density at radius 1 is 0.895 bits per heavy atom. The Morgan fingerprint density at radius 2 is 1.58 bits per heavy atom. The van der Waals surface area contributed by atoms with Crippen molar-refractivity contribution in [3.05, 3.63) is 59.7 Å². The number of hydrogen-bond donors (Lipinski definition) is 4. The van der Waals surface area contributed by atoms with Crippen molar-refractivity contribution in [1.29, 1.82) is 0 Å². The van der Waals surface area contributed by atoms with E-state index in [1.807, 2.05) is 44.2 Å². The second-order valence-corrected chi connectivity index (χ2v) is 15.0. The molecule has 4 N–H and O–H groups in total. The molecule has 16 nitrogen and oxygen atoms in total. The van der Waals surface area contributed by atoms with Gasteiger partial charge in [-0.15, -0.1) is 0 Å². The first-order valence-corrected chi connectivity index (χ1v) is 19.5. The number of amides is 6. The van der Waals surface area contributed by atoms with E-state index < -0.39 is 59.7 Å². The highest BCUT2D eigenvalue weighted by Gasteiger charge is 2.39. The highest BCUT2D eigenvalue weighted by atomic mass is 16.5. The average molecular weight is 795 g/mol. The molecular formula is C41H58N6O10. The van der Waals surface area contributed by atoms with Crippen LogP contribution in [0.5, 0.6) is 11.5 Å². The van der Waals surface area contributed by atoms with Gasteiger partial charge < -0.3 is 50.0 Å². The van der Waals surface area contributed by atoms with Crippen molar-refractivity contribution in [2.75, 3.05) is 54.2 Å². The van der Waals surface area contributed by atoms with Crippen LogP contribution in [0, 0.1) is 5.92 Å². The Hall–Kier alpha value is -5.22. The van der Waals surface area contributed by atoms with Crippen LogP contribution in [0.3, 0.4) is 0 Å². The molecule has 0 bridgehead atoms. The van der Waals surface area contributed by atoms with Gasteiger partial charge in [0.1, 0.15) is 48.3 Å². The SMILES string of the molecule is COc1cc(OCc2ccccc2)cc(C(=O)N[C@H]2COCCCCOC[C@@H](C(=O)N(C)C)NC(=O)[C@@H]3CCCN3C(=O)[C@H](C)NC(=O)[C@H](CC(C)C)NC2=O)c1. The van der Waals surface area contributed by atoms with Gasteiger partial charge in [0.05, 0.1) is 20.3 Å². The first kappa shape index (κ1) is 44.5. The number of nitrogens with zero attached hydrogens (tertiary/aromatic N) is 2. The summed E-state index contributed by atoms with van der Waals surface area (Å²) in [4.78, 5) is 84.4. The van der Waals surface area contributed by atoms with Crippen LogP contribution >= 0.6 is 0 Å². The molecule has 57 heavy (non-hydrogen) atoms. The molecule has 0 unspecified atom stereocenters. The van der Waals surface area contributed by atoms with E-state index in [-0.39, 0.29) is 56.8 Å². The summed E-state index contributed by atoms with van der Waals surface area (Å²) in [6.45, 7) is 6.03. The van der Waals surface area contributed by atoms with Gasteiger partial charge >= 0.3 is 0 Å². The quantitative estimate of drug-likeness (QED) is 0.291. The predicted molar refractivity (Wildman–Crippen MR) is 210 cm³/mol. The van der Waals surface area contributed by atoms with E-state index in [1.54, 1.807) is 26.2 Å². The van der Waals surface area contributed by atoms with Gasteiger partial charge in [-0.05, 0) is 62.6 Å². The number of benzene rings is 2. The zero-order chi connectivity index (χ0) is 41.5. The van der Waals surface area contributed by atoms with Crippen molar-refractivity contribution in [2.45, 2.75) is 89.7 Å². The lowest BCUT2D eigenvalue weighted by Crippen LogP contribution is -2.59. The van der Waals surface area contributed by atoms with E-state index in [2.05, 4.69) is 21.3 Å². The lowest BCUT2D eigenvalue weighted by atomic mass is 10.0. The molecule has 6 amide bonds. The minimum absolute atomic E-state index is 0.0383. The molecule has 2 fully saturated rings. The number of methoxy groups -OCH3 is 1. The number of carbonyl (C=O) groups excluding carboxylic acids is 6. The maximum Gasteiger partial charge on any atom is 0.252 e. The third-order valence-corrected chi connectivity index (χ3v) is 9.61. The van der Waals surface area contributed by atoms with Gasteiger partial charge in [0.15, 0.2) is 0 Å². The van der Waals surface area contributed by atoms with Gasteiger partial charge in [-0.3, -0.25) is 28.8 Å². The summed E-state index contributed by atoms with van der Waals surface area (Å²) in [6.07, 6.45) is 2.24. The summed E-state index contributed by atoms with van der Waals surface area (Å²) < 4.78 is 23.1. The first-order chi connectivity index (χ1) is 27.3. The third kappa shape index (κ3) is 13.5. The molecule has 4 rings (SSSR count). The molecule has 0 radical (unpaired) electrons. The van der Waals surface area contributed by atoms with Crippen molar-refractivity contribution in [1.82, 2.24) is 31.1 Å². The first-order valence-electron chi connectivity index (χ1n) is 19.5. The van der Waals surface area contributed by atoms with Crippen LogP contribution in [0.1, 0.15) is 68.8 Å². The van der Waals surface area contributed by atoms with Gasteiger partial charge in [-0.1, -0.05) is 44.2 Å². The molecule has 0 aliphatic carbocycles. The number of nitrogens with one attached hydrogen (secondary N) is 4. The Kier molecular flexibility index (Phi) is 17.1. The van der Waals surface area contributed by atoms with Gasteiger partial charge in [0, 0.05) is 45.5 Å². The summed E-state index contributed by atoms with van der Waals surface area (Å²) in [5.41, 5.74) is 1.10. The number of fused-ring (bicyclic) bond motifs is 1. The second-order valence-electron chi connectivity index (χ2n) is 15.0. The largest absolute Gasteiger partial charge is 0.497 e. The molecule has 2 aliphatic heterocycles. The van der Waals surface area contributed by atoms with E-state index in [4.69, 9.17) is 18.9 Å². The molecule has 2 aromatic rings. The second kappa shape index (κ2) is 21.9. The van der Waals surface area contributed by atoms with Crippen LogP contribution in [0.15, 0.2) is 48.5 Å². The topological polar surface area (TPSA) is 194 Å². The zero-order valence-corrected chi connectivity index (χ0v) is 33.8. The summed E-state index contributed by atoms with van der Waals surface area (Å²) in [6, 6.07) is 9.12. The fourth-order valence-corrected chi connectivity index (χ4v) is 6.54. The van der Waals surface area contributed by atoms with Crippen molar-refractivity contribution in [3.63, 3.8) is 0 Å². The summed E-state index contributed by atoms with van der Waals surface area (Å²) in [5.74, 6) is -2.45. The lowest BCUT2D eigenvalue weighted by Gasteiger charge is -2.30. The van der Waals surface area contributed by atoms with Crippen LogP contribution in [0.4, 0.5) is 0 Å². The molecule has 2 aliphatic rings. The highest BCUT2D eigenvalue weighted by molar-refractivity contribution is 5.99. The summed E-state index contributed by atoms with van der Waals surface area (Å²) in [7, 11) is 4.63. The zero-order valence-electron chi connectivity index (χ0n) is 33.8. The number of rotatable bonds is 9. The summed E-state index contributed by atoms with van der Waals surface area (Å²) in [5, 5.41) is 11.0. The van der Waals surface area contributed by atoms with E-state index >= 15 is 0 Å². The minimum atomic E-state index is -1.22. The average Bonchev–Trinajstić information content (AvgIpc) is 3.69. The number of ether oxygens (including phenoxy) is 4. The normalized spacial score (nSPS) is 23.3. The molecular weight excluding hydrogens is 736 g/mol. The standard InChI is InChI=1S/C41H58N6O10/c1-26(2)19-32-37(49)42-27(3)40(52)47-16-12-15-35(47)39(51)45-34(41(53)46(4)5)25-56-18-11-10-17-55-24-33(38(50)43-32)44-36(48)29-20-30(54-6)22-31(21-29)57-23-28-13-8-7-9-14-28/h7-9,13-14,20-22,26-27,32-35H,10-12,15-19,23-25H2,1-6H3,(H,42,49)(H,43,50)(H,44,48)(H,45,51)/t27-,32-,33-,34-,35-/m0/s1. The molecule has 2 aromatic carbocycles. The third-order valence-electron chi connectivity index (χ3n) is 9.61. The number of hydrogen-bond acceptors (Lipinski definition) is 10. The Morgan fingerprint density at radius 3 is 2.25 bits per heavy atom. The van der Waals surface area contributed by atoms with Gasteiger partial charge in [0.25, 0.3) is 5.91 Å². The smallest absolute Gasteiger partial charge is 0.252 e. The van der Waals surface area contributed by atoms with Gasteiger partial charge in [-0.25, -0.2) is 0 Å². The Labute approximate surface area is 334 Å². The molecule has 0 saturated carbocycles. The van der Waals surface area contributed by atoms with E-state index in [0.717, 1.165) is 5.56 Å². The monoisotopic (exact) mass is 794 g/mol. The summed E-state index contributed by atoms with van der Waals surface area (Å²) >= 11 is 0. The van der Waals surface area contributed by atoms with Crippen LogP contribution in [-0.4, -0.2) is 130 Å². The van der Waals surface area contributed by atoms with Gasteiger partial charge in [-0.2, -0.15) is 0 Å². The lowest BCUT2D eigenvalue weighted by molar-refractivity contribution is -0.143. The number of carbonyl (C=O) groups is 6. The molecule has 312 valence electrons. The predicted octanol–water partition coefficient (Wildman–Crippen LogP) is 1.80. The van der Waals surface area contributed by atoms with Gasteiger partial charge in [0.2, 0.25) is 29.5 Å². The van der Waals surface area contributed by atoms with Crippen molar-refractivity contribution >= 4 is 35.4 Å². The maximum atomic E-state index is 13.9. The fourth-order valence-electron chi connectivity index (χ4n) is 6.54. The minimum Gasteiger partial charge on any atom is -0.497 e. The molecule has 2 heterocycles. The maximum absolute atomic E-state index is 13.9. The van der Waals surface area contributed by atoms with Crippen molar-refractivity contribution in [3.8, 4) is 11.5 Å². The van der Waals surface area contributed by atoms with E-state index in [9.17, 15) is 28.8 Å². The van der Waals surface area contributed by atoms with Crippen LogP contribution < -0.4 is 30.7 Å². The number of likely N-dealkylation sites (N-methyl/N-ethyl adjacent to an activating group) is 1. The highest BCUT2D eigenvalue weighted by Crippen LogP contribution is 2.24. The fraction of sp³-hybridized carbons (Fsp3) is 0.561. The molecule has 2 saturated heterocycles. The van der Waals surface area contributed by atoms with Crippen LogP contribution in [-0.2, 0) is 40.1 Å². The molecule has 16 heteroatoms. The van der Waals surface area contributed by atoms with E-state index in [1.165, 1.54) is 29.9 Å². The van der Waals surface area contributed by atoms with Crippen LogP contribution in [0.25, 0.3) is 0 Å². The van der Waals surface area contributed by atoms with Crippen molar-refractivity contribution < 1.29 is 47.7 Å². The Bertz CT molecular complexity index is 1690. The van der Waals surface area contributed by atoms with Crippen LogP contribution in [0.2, 0.25) is 0 Å². The molecule has 5 atom stereocenters.